The molecule has 0 fully saturated rings. The zero-order chi connectivity index (χ0) is 26.0. The molecular weight excluding hydrogens is 484 g/mol. The Morgan fingerprint density at radius 2 is 1.78 bits per heavy atom. The molecule has 0 aliphatic rings. The van der Waals surface area contributed by atoms with E-state index in [1.807, 2.05) is 30.3 Å². The van der Waals surface area contributed by atoms with E-state index in [2.05, 4.69) is 44.9 Å². The smallest absolute Gasteiger partial charge is 0.271 e. The van der Waals surface area contributed by atoms with Gasteiger partial charge in [-0.15, -0.1) is 11.3 Å². The first-order valence-electron chi connectivity index (χ1n) is 12.6. The molecule has 0 bridgehead atoms. The van der Waals surface area contributed by atoms with E-state index in [4.69, 9.17) is 0 Å². The molecule has 2 amide bonds. The van der Waals surface area contributed by atoms with Crippen molar-refractivity contribution < 1.29 is 14.4 Å². The lowest BCUT2D eigenvalue weighted by Gasteiger charge is -2.18. The first-order chi connectivity index (χ1) is 18.0. The number of aromatic amines is 1. The van der Waals surface area contributed by atoms with E-state index in [1.165, 1.54) is 11.3 Å². The summed E-state index contributed by atoms with van der Waals surface area (Å²) in [5.74, 6) is -0.400. The van der Waals surface area contributed by atoms with Crippen molar-refractivity contribution in [2.75, 3.05) is 6.54 Å². The minimum atomic E-state index is -0.664. The van der Waals surface area contributed by atoms with E-state index >= 15 is 0 Å². The van der Waals surface area contributed by atoms with Gasteiger partial charge in [-0.1, -0.05) is 61.4 Å². The largest absolute Gasteiger partial charge is 0.354 e. The Bertz CT molecular complexity index is 1330. The van der Waals surface area contributed by atoms with Crippen molar-refractivity contribution in [2.45, 2.75) is 51.5 Å². The standard InChI is InChI=1S/C29H32N4O3S/c1-20(34)10-4-2-7-15-25(33-29(36)26-18-37-19-31-26)28(35)30-17-16-23-22-13-8-9-14-24(22)32-27(23)21-11-5-3-6-12-21/h3,5-6,8-9,11-14,18-19,25,32H,2,4,7,10,15-17H2,1H3,(H,30,35)(H,33,36)/t25-/m0/s1. The number of Topliss-reactive ketones (excluding diaryl/α,β-unsaturated/α-hetero) is 1. The van der Waals surface area contributed by atoms with Gasteiger partial charge in [-0.05, 0) is 43.4 Å². The third-order valence-corrected chi connectivity index (χ3v) is 6.95. The van der Waals surface area contributed by atoms with Gasteiger partial charge in [0, 0.05) is 34.9 Å². The van der Waals surface area contributed by atoms with E-state index < -0.39 is 6.04 Å². The lowest BCUT2D eigenvalue weighted by atomic mass is 10.0. The van der Waals surface area contributed by atoms with E-state index in [0.717, 1.165) is 47.0 Å². The van der Waals surface area contributed by atoms with Crippen molar-refractivity contribution in [1.29, 1.82) is 0 Å². The van der Waals surface area contributed by atoms with Crippen LogP contribution in [0.4, 0.5) is 0 Å². The predicted molar refractivity (Wildman–Crippen MR) is 148 cm³/mol. The molecule has 1 atom stereocenters. The molecule has 2 aromatic heterocycles. The summed E-state index contributed by atoms with van der Waals surface area (Å²) in [5, 5.41) is 8.68. The number of fused-ring (bicyclic) bond motifs is 1. The molecule has 0 saturated heterocycles. The van der Waals surface area contributed by atoms with E-state index in [-0.39, 0.29) is 17.6 Å². The van der Waals surface area contributed by atoms with Crippen LogP contribution in [0.3, 0.4) is 0 Å². The van der Waals surface area contributed by atoms with Gasteiger partial charge in [0.25, 0.3) is 5.91 Å². The highest BCUT2D eigenvalue weighted by atomic mass is 32.1. The number of H-pyrrole nitrogens is 1. The van der Waals surface area contributed by atoms with Crippen molar-refractivity contribution in [3.05, 3.63) is 76.7 Å². The average molecular weight is 517 g/mol. The highest BCUT2D eigenvalue weighted by Gasteiger charge is 2.22. The van der Waals surface area contributed by atoms with Crippen LogP contribution >= 0.6 is 11.3 Å². The van der Waals surface area contributed by atoms with Crippen LogP contribution in [-0.2, 0) is 16.0 Å². The number of carbonyl (C=O) groups excluding carboxylic acids is 3. The van der Waals surface area contributed by atoms with E-state index in [9.17, 15) is 14.4 Å². The lowest BCUT2D eigenvalue weighted by molar-refractivity contribution is -0.123. The maximum atomic E-state index is 13.2. The molecule has 4 rings (SSSR count). The summed E-state index contributed by atoms with van der Waals surface area (Å²) in [7, 11) is 0. The van der Waals surface area contributed by atoms with Crippen LogP contribution in [0.2, 0.25) is 0 Å². The summed E-state index contributed by atoms with van der Waals surface area (Å²) in [4.78, 5) is 44.6. The van der Waals surface area contributed by atoms with Gasteiger partial charge in [0.05, 0.1) is 5.51 Å². The van der Waals surface area contributed by atoms with Crippen molar-refractivity contribution in [3.8, 4) is 11.3 Å². The highest BCUT2D eigenvalue weighted by Crippen LogP contribution is 2.30. The van der Waals surface area contributed by atoms with Crippen LogP contribution in [0.15, 0.2) is 65.5 Å². The molecule has 0 spiro atoms. The number of benzene rings is 2. The Morgan fingerprint density at radius 3 is 2.54 bits per heavy atom. The number of nitrogens with one attached hydrogen (secondary N) is 3. The molecule has 37 heavy (non-hydrogen) atoms. The van der Waals surface area contributed by atoms with Gasteiger partial charge in [-0.25, -0.2) is 4.98 Å². The maximum Gasteiger partial charge on any atom is 0.271 e. The topological polar surface area (TPSA) is 104 Å². The van der Waals surface area contributed by atoms with Crippen molar-refractivity contribution in [1.82, 2.24) is 20.6 Å². The second-order valence-corrected chi connectivity index (χ2v) is 9.85. The maximum absolute atomic E-state index is 13.2. The van der Waals surface area contributed by atoms with Crippen LogP contribution in [-0.4, -0.2) is 40.2 Å². The number of thiazole rings is 1. The Hall–Kier alpha value is -3.78. The summed E-state index contributed by atoms with van der Waals surface area (Å²) in [5.41, 5.74) is 6.26. The predicted octanol–water partition coefficient (Wildman–Crippen LogP) is 5.29. The van der Waals surface area contributed by atoms with Crippen LogP contribution in [0.25, 0.3) is 22.2 Å². The van der Waals surface area contributed by atoms with Crippen LogP contribution < -0.4 is 10.6 Å². The number of carbonyl (C=O) groups is 3. The zero-order valence-electron chi connectivity index (χ0n) is 21.0. The fourth-order valence-corrected chi connectivity index (χ4v) is 5.00. The first-order valence-corrected chi connectivity index (χ1v) is 13.6. The number of unbranched alkanes of at least 4 members (excludes halogenated alkanes) is 2. The molecule has 0 saturated carbocycles. The average Bonchev–Trinajstić information content (AvgIpc) is 3.57. The molecule has 3 N–H and O–H groups in total. The fraction of sp³-hybridized carbons (Fsp3) is 0.310. The lowest BCUT2D eigenvalue weighted by Crippen LogP contribution is -2.47. The van der Waals surface area contributed by atoms with Crippen molar-refractivity contribution >= 4 is 39.8 Å². The molecule has 192 valence electrons. The summed E-state index contributed by atoms with van der Waals surface area (Å²) in [6.07, 6.45) is 4.03. The first kappa shape index (κ1) is 26.3. The van der Waals surface area contributed by atoms with Gasteiger partial charge in [0.1, 0.15) is 17.5 Å². The van der Waals surface area contributed by atoms with Gasteiger partial charge >= 0.3 is 0 Å². The minimum Gasteiger partial charge on any atom is -0.354 e. The summed E-state index contributed by atoms with van der Waals surface area (Å²) in [6, 6.07) is 17.7. The normalized spacial score (nSPS) is 11.8. The van der Waals surface area contributed by atoms with Crippen LogP contribution in [0.5, 0.6) is 0 Å². The zero-order valence-corrected chi connectivity index (χ0v) is 21.8. The highest BCUT2D eigenvalue weighted by molar-refractivity contribution is 7.07. The molecule has 2 aromatic carbocycles. The van der Waals surface area contributed by atoms with Crippen LogP contribution in [0.1, 0.15) is 55.1 Å². The molecule has 0 aliphatic heterocycles. The van der Waals surface area contributed by atoms with Gasteiger partial charge in [0.15, 0.2) is 0 Å². The third-order valence-electron chi connectivity index (χ3n) is 6.36. The molecule has 0 unspecified atom stereocenters. The number of ketones is 1. The van der Waals surface area contributed by atoms with E-state index in [1.54, 1.807) is 17.8 Å². The Kier molecular flexibility index (Phi) is 9.21. The molecular formula is C29H32N4O3S. The number of nitrogens with zero attached hydrogens (tertiary/aromatic N) is 1. The number of amides is 2. The molecule has 4 aromatic rings. The number of para-hydroxylation sites is 1. The van der Waals surface area contributed by atoms with Crippen molar-refractivity contribution in [2.24, 2.45) is 0 Å². The Labute approximate surface area is 220 Å². The molecule has 0 aliphatic carbocycles. The van der Waals surface area contributed by atoms with Gasteiger partial charge in [-0.2, -0.15) is 0 Å². The number of rotatable bonds is 13. The quantitative estimate of drug-likeness (QED) is 0.210. The van der Waals surface area contributed by atoms with Crippen molar-refractivity contribution in [3.63, 3.8) is 0 Å². The van der Waals surface area contributed by atoms with Gasteiger partial charge in [0.2, 0.25) is 5.91 Å². The summed E-state index contributed by atoms with van der Waals surface area (Å²) < 4.78 is 0. The number of hydrogen-bond acceptors (Lipinski definition) is 5. The fourth-order valence-electron chi connectivity index (χ4n) is 4.47. The molecule has 8 heteroatoms. The summed E-state index contributed by atoms with van der Waals surface area (Å²) >= 11 is 1.34. The second-order valence-electron chi connectivity index (χ2n) is 9.13. The van der Waals surface area contributed by atoms with Gasteiger partial charge < -0.3 is 20.4 Å². The Balaban J connectivity index is 1.42. The van der Waals surface area contributed by atoms with Crippen LogP contribution in [0, 0.1) is 0 Å². The molecule has 0 radical (unpaired) electrons. The third kappa shape index (κ3) is 7.13. The number of hydrogen-bond donors (Lipinski definition) is 3. The van der Waals surface area contributed by atoms with E-state index in [0.29, 0.717) is 31.5 Å². The minimum absolute atomic E-state index is 0.165. The number of aromatic nitrogens is 2. The summed E-state index contributed by atoms with van der Waals surface area (Å²) in [6.45, 7) is 2.02. The monoisotopic (exact) mass is 516 g/mol. The molecule has 7 nitrogen and oxygen atoms in total. The Morgan fingerprint density at radius 1 is 1.00 bits per heavy atom. The second kappa shape index (κ2) is 13.0. The SMILES string of the molecule is CC(=O)CCCCC[C@H](NC(=O)c1cscn1)C(=O)NCCc1c(-c2ccccc2)[nH]c2ccccc12. The molecule has 2 heterocycles. The van der Waals surface area contributed by atoms with Gasteiger partial charge in [-0.3, -0.25) is 9.59 Å².